The maximum absolute atomic E-state index is 11.9. The molecule has 0 saturated heterocycles. The number of halogens is 1. The lowest BCUT2D eigenvalue weighted by molar-refractivity contribution is 0.00628. The Morgan fingerprint density at radius 2 is 1.95 bits per heavy atom. The molecule has 0 aliphatic carbocycles. The van der Waals surface area contributed by atoms with Crippen LogP contribution in [0.3, 0.4) is 0 Å². The summed E-state index contributed by atoms with van der Waals surface area (Å²) < 4.78 is 10.6. The van der Waals surface area contributed by atoms with Crippen LogP contribution in [-0.4, -0.2) is 29.1 Å². The van der Waals surface area contributed by atoms with E-state index in [4.69, 9.17) is 9.47 Å². The van der Waals surface area contributed by atoms with E-state index in [1.54, 1.807) is 27.7 Å². The lowest BCUT2D eigenvalue weighted by Crippen LogP contribution is -2.24. The number of ether oxygens (including phenoxy) is 2. The molecule has 0 atom stereocenters. The van der Waals surface area contributed by atoms with Gasteiger partial charge in [0.25, 0.3) is 0 Å². The molecule has 19 heavy (non-hydrogen) atoms. The molecule has 0 unspecified atom stereocenters. The van der Waals surface area contributed by atoms with Crippen LogP contribution < -0.4 is 0 Å². The predicted molar refractivity (Wildman–Crippen MR) is 73.1 cm³/mol. The van der Waals surface area contributed by atoms with E-state index >= 15 is 0 Å². The standard InChI is InChI=1S/C13H16BrNO4/c1-5-18-11(16)8-6-10(15-7-9(8)14)12(17)19-13(2,3)4/h6-7H,5H2,1-4H3. The average Bonchev–Trinajstić information content (AvgIpc) is 2.27. The van der Waals surface area contributed by atoms with Crippen molar-refractivity contribution in [3.05, 3.63) is 28.0 Å². The predicted octanol–water partition coefficient (Wildman–Crippen LogP) is 2.98. The van der Waals surface area contributed by atoms with Gasteiger partial charge in [0.05, 0.1) is 16.6 Å². The van der Waals surface area contributed by atoms with Crippen molar-refractivity contribution < 1.29 is 19.1 Å². The number of pyridine rings is 1. The molecule has 0 bridgehead atoms. The molecular formula is C13H16BrNO4. The molecule has 0 amide bonds. The minimum atomic E-state index is -0.615. The molecule has 0 fully saturated rings. The molecule has 1 aromatic heterocycles. The highest BCUT2D eigenvalue weighted by Gasteiger charge is 2.21. The van der Waals surface area contributed by atoms with Crippen molar-refractivity contribution in [2.24, 2.45) is 0 Å². The third-order valence-electron chi connectivity index (χ3n) is 1.96. The van der Waals surface area contributed by atoms with Crippen molar-refractivity contribution in [2.45, 2.75) is 33.3 Å². The lowest BCUT2D eigenvalue weighted by Gasteiger charge is -2.19. The third-order valence-corrected chi connectivity index (χ3v) is 2.59. The van der Waals surface area contributed by atoms with Gasteiger partial charge in [0.15, 0.2) is 0 Å². The summed E-state index contributed by atoms with van der Waals surface area (Å²) in [4.78, 5) is 27.5. The summed E-state index contributed by atoms with van der Waals surface area (Å²) in [6.07, 6.45) is 1.38. The van der Waals surface area contributed by atoms with Gasteiger partial charge < -0.3 is 9.47 Å². The molecule has 0 radical (unpaired) electrons. The van der Waals surface area contributed by atoms with E-state index in [0.29, 0.717) is 4.47 Å². The summed E-state index contributed by atoms with van der Waals surface area (Å²) in [6.45, 7) is 7.25. The summed E-state index contributed by atoms with van der Waals surface area (Å²) in [5, 5.41) is 0. The number of carbonyl (C=O) groups excluding carboxylic acids is 2. The van der Waals surface area contributed by atoms with E-state index in [1.807, 2.05) is 0 Å². The first-order chi connectivity index (χ1) is 8.74. The first-order valence-corrected chi connectivity index (χ1v) is 6.60. The van der Waals surface area contributed by atoms with Crippen LogP contribution in [0.5, 0.6) is 0 Å². The molecule has 0 N–H and O–H groups in total. The van der Waals surface area contributed by atoms with Crippen LogP contribution in [0.25, 0.3) is 0 Å². The summed E-state index contributed by atoms with van der Waals surface area (Å²) in [7, 11) is 0. The topological polar surface area (TPSA) is 65.5 Å². The van der Waals surface area contributed by atoms with Gasteiger partial charge in [0, 0.05) is 6.20 Å². The molecule has 1 aromatic rings. The smallest absolute Gasteiger partial charge is 0.357 e. The number of nitrogens with zero attached hydrogens (tertiary/aromatic N) is 1. The van der Waals surface area contributed by atoms with E-state index < -0.39 is 17.5 Å². The van der Waals surface area contributed by atoms with Gasteiger partial charge >= 0.3 is 11.9 Å². The molecular weight excluding hydrogens is 314 g/mol. The average molecular weight is 330 g/mol. The largest absolute Gasteiger partial charge is 0.462 e. The second-order valence-electron chi connectivity index (χ2n) is 4.77. The van der Waals surface area contributed by atoms with Gasteiger partial charge in [0.1, 0.15) is 11.3 Å². The van der Waals surface area contributed by atoms with Gasteiger partial charge in [-0.25, -0.2) is 14.6 Å². The van der Waals surface area contributed by atoms with Gasteiger partial charge in [-0.3, -0.25) is 0 Å². The molecule has 0 aliphatic heterocycles. The molecule has 0 aromatic carbocycles. The van der Waals surface area contributed by atoms with Crippen LogP contribution in [0.15, 0.2) is 16.7 Å². The first kappa shape index (κ1) is 15.6. The minimum absolute atomic E-state index is 0.0705. The monoisotopic (exact) mass is 329 g/mol. The summed E-state index contributed by atoms with van der Waals surface area (Å²) in [6, 6.07) is 1.36. The molecule has 1 heterocycles. The molecule has 6 heteroatoms. The fourth-order valence-corrected chi connectivity index (χ4v) is 1.62. The second kappa shape index (κ2) is 6.14. The van der Waals surface area contributed by atoms with Gasteiger partial charge in [-0.2, -0.15) is 0 Å². The maximum atomic E-state index is 11.9. The number of esters is 2. The lowest BCUT2D eigenvalue weighted by atomic mass is 10.2. The Hall–Kier alpha value is -1.43. The van der Waals surface area contributed by atoms with E-state index in [0.717, 1.165) is 0 Å². The summed E-state index contributed by atoms with van der Waals surface area (Å²) in [5.41, 5.74) is -0.297. The number of hydrogen-bond acceptors (Lipinski definition) is 5. The Balaban J connectivity index is 3.02. The van der Waals surface area contributed by atoms with Gasteiger partial charge in [-0.1, -0.05) is 0 Å². The van der Waals surface area contributed by atoms with Crippen molar-refractivity contribution in [2.75, 3.05) is 6.61 Å². The Morgan fingerprint density at radius 1 is 1.32 bits per heavy atom. The second-order valence-corrected chi connectivity index (χ2v) is 5.63. The fourth-order valence-electron chi connectivity index (χ4n) is 1.25. The summed E-state index contributed by atoms with van der Waals surface area (Å²) in [5.74, 6) is -1.09. The quantitative estimate of drug-likeness (QED) is 0.797. The van der Waals surface area contributed by atoms with Crippen molar-refractivity contribution >= 4 is 27.9 Å². The molecule has 104 valence electrons. The molecule has 0 aliphatic rings. The van der Waals surface area contributed by atoms with Crippen molar-refractivity contribution in [1.29, 1.82) is 0 Å². The molecule has 5 nitrogen and oxygen atoms in total. The zero-order valence-electron chi connectivity index (χ0n) is 11.3. The number of hydrogen-bond donors (Lipinski definition) is 0. The SMILES string of the molecule is CCOC(=O)c1cc(C(=O)OC(C)(C)C)ncc1Br. The van der Waals surface area contributed by atoms with Crippen molar-refractivity contribution in [3.63, 3.8) is 0 Å². The number of carbonyl (C=O) groups is 2. The Labute approximate surface area is 120 Å². The van der Waals surface area contributed by atoms with Gasteiger partial charge in [-0.15, -0.1) is 0 Å². The van der Waals surface area contributed by atoms with Gasteiger partial charge in [0.2, 0.25) is 0 Å². The fraction of sp³-hybridized carbons (Fsp3) is 0.462. The normalized spacial score (nSPS) is 11.0. The zero-order valence-corrected chi connectivity index (χ0v) is 12.9. The van der Waals surface area contributed by atoms with E-state index in [9.17, 15) is 9.59 Å². The highest BCUT2D eigenvalue weighted by molar-refractivity contribution is 9.10. The minimum Gasteiger partial charge on any atom is -0.462 e. The van der Waals surface area contributed by atoms with E-state index in [2.05, 4.69) is 20.9 Å². The van der Waals surface area contributed by atoms with E-state index in [-0.39, 0.29) is 17.9 Å². The van der Waals surface area contributed by atoms with Crippen LogP contribution in [0.2, 0.25) is 0 Å². The Morgan fingerprint density at radius 3 is 2.47 bits per heavy atom. The van der Waals surface area contributed by atoms with Crippen molar-refractivity contribution in [3.8, 4) is 0 Å². The first-order valence-electron chi connectivity index (χ1n) is 5.80. The number of aromatic nitrogens is 1. The Bertz CT molecular complexity index is 494. The van der Waals surface area contributed by atoms with E-state index in [1.165, 1.54) is 12.3 Å². The zero-order chi connectivity index (χ0) is 14.6. The molecule has 0 saturated carbocycles. The highest BCUT2D eigenvalue weighted by atomic mass is 79.9. The van der Waals surface area contributed by atoms with Crippen LogP contribution in [-0.2, 0) is 9.47 Å². The number of rotatable bonds is 3. The van der Waals surface area contributed by atoms with Crippen LogP contribution in [0.4, 0.5) is 0 Å². The van der Waals surface area contributed by atoms with Gasteiger partial charge in [-0.05, 0) is 49.7 Å². The Kier molecular flexibility index (Phi) is 5.05. The molecule has 1 rings (SSSR count). The molecule has 0 spiro atoms. The summed E-state index contributed by atoms with van der Waals surface area (Å²) >= 11 is 3.20. The van der Waals surface area contributed by atoms with Crippen LogP contribution in [0, 0.1) is 0 Å². The third kappa shape index (κ3) is 4.63. The van der Waals surface area contributed by atoms with Crippen LogP contribution in [0.1, 0.15) is 48.5 Å². The highest BCUT2D eigenvalue weighted by Crippen LogP contribution is 2.19. The maximum Gasteiger partial charge on any atom is 0.357 e. The van der Waals surface area contributed by atoms with Crippen LogP contribution >= 0.6 is 15.9 Å². The van der Waals surface area contributed by atoms with Crippen molar-refractivity contribution in [1.82, 2.24) is 4.98 Å².